The highest BCUT2D eigenvalue weighted by Crippen LogP contribution is 2.47. The molecule has 0 amide bonds. The van der Waals surface area contributed by atoms with Gasteiger partial charge in [0.05, 0.1) is 26.2 Å². The van der Waals surface area contributed by atoms with Crippen molar-refractivity contribution in [2.75, 3.05) is 13.7 Å². The Morgan fingerprint density at radius 2 is 1.68 bits per heavy atom. The van der Waals surface area contributed by atoms with E-state index in [1.807, 2.05) is 54.6 Å². The SMILES string of the molecule is COc1ccc(CCOc2ccc([C@H]3CC(=O)Oc4cc5c(c(O)c43)C(=O)O[C@@H](C)CCCC(=O)CCCC=C5)cc2)cc1. The molecule has 0 aliphatic carbocycles. The van der Waals surface area contributed by atoms with E-state index in [4.69, 9.17) is 18.9 Å². The smallest absolute Gasteiger partial charge is 0.342 e. The van der Waals surface area contributed by atoms with Crippen LogP contribution in [0, 0.1) is 0 Å². The van der Waals surface area contributed by atoms with Gasteiger partial charge in [-0.1, -0.05) is 36.4 Å². The highest BCUT2D eigenvalue weighted by Gasteiger charge is 2.35. The van der Waals surface area contributed by atoms with Gasteiger partial charge in [0.1, 0.15) is 34.3 Å². The average molecular weight is 599 g/mol. The summed E-state index contributed by atoms with van der Waals surface area (Å²) in [5.74, 6) is 0.0331. The third-order valence-corrected chi connectivity index (χ3v) is 8.08. The maximum absolute atomic E-state index is 13.4. The second-order valence-electron chi connectivity index (χ2n) is 11.3. The van der Waals surface area contributed by atoms with Gasteiger partial charge in [0.15, 0.2) is 0 Å². The molecule has 2 aliphatic heterocycles. The van der Waals surface area contributed by atoms with Crippen LogP contribution in [0.5, 0.6) is 23.0 Å². The minimum atomic E-state index is -0.655. The zero-order valence-electron chi connectivity index (χ0n) is 25.2. The molecule has 2 aliphatic rings. The molecule has 0 unspecified atom stereocenters. The molecule has 0 saturated heterocycles. The standard InChI is InChI=1S/C36H38O8/c1-23-7-6-10-27(37)9-5-3-4-8-26-21-31-34(35(39)33(26)36(40)43-23)30(22-32(38)44-31)25-13-17-29(18-14-25)42-20-19-24-11-15-28(41-2)16-12-24/h4,8,11-18,21,23,30,39H,3,5-7,9-10,19-20,22H2,1-2H3/t23-,30+/m0/s1. The number of phenols is 1. The van der Waals surface area contributed by atoms with Gasteiger partial charge in [-0.25, -0.2) is 4.79 Å². The number of allylic oxidation sites excluding steroid dienone is 1. The third-order valence-electron chi connectivity index (χ3n) is 8.08. The van der Waals surface area contributed by atoms with Gasteiger partial charge in [-0.15, -0.1) is 0 Å². The van der Waals surface area contributed by atoms with Gasteiger partial charge >= 0.3 is 11.9 Å². The fourth-order valence-corrected chi connectivity index (χ4v) is 5.68. The number of hydrogen-bond acceptors (Lipinski definition) is 8. The summed E-state index contributed by atoms with van der Waals surface area (Å²) in [7, 11) is 1.64. The zero-order valence-corrected chi connectivity index (χ0v) is 25.2. The van der Waals surface area contributed by atoms with Gasteiger partial charge in [0.2, 0.25) is 0 Å². The number of fused-ring (bicyclic) bond motifs is 2. The maximum atomic E-state index is 13.4. The van der Waals surface area contributed by atoms with E-state index in [0.717, 1.165) is 23.3 Å². The Labute approximate surface area is 257 Å². The van der Waals surface area contributed by atoms with Crippen LogP contribution in [-0.2, 0) is 20.7 Å². The molecule has 8 nitrogen and oxygen atoms in total. The Hall–Kier alpha value is -4.59. The fourth-order valence-electron chi connectivity index (χ4n) is 5.68. The number of carbonyl (C=O) groups is 3. The number of rotatable bonds is 6. The molecule has 2 heterocycles. The Morgan fingerprint density at radius 3 is 2.43 bits per heavy atom. The van der Waals surface area contributed by atoms with E-state index in [2.05, 4.69) is 0 Å². The number of hydrogen-bond donors (Lipinski definition) is 1. The predicted molar refractivity (Wildman–Crippen MR) is 165 cm³/mol. The number of ketones is 1. The van der Waals surface area contributed by atoms with Crippen LogP contribution in [0.3, 0.4) is 0 Å². The molecule has 44 heavy (non-hydrogen) atoms. The molecule has 0 fully saturated rings. The molecule has 0 bridgehead atoms. The molecular formula is C36H38O8. The molecule has 5 rings (SSSR count). The van der Waals surface area contributed by atoms with Crippen molar-refractivity contribution in [3.8, 4) is 23.0 Å². The fraction of sp³-hybridized carbons (Fsp3) is 0.361. The summed E-state index contributed by atoms with van der Waals surface area (Å²) in [4.78, 5) is 38.3. The maximum Gasteiger partial charge on any atom is 0.342 e. The van der Waals surface area contributed by atoms with Crippen molar-refractivity contribution in [1.29, 1.82) is 0 Å². The number of cyclic esters (lactones) is 1. The largest absolute Gasteiger partial charge is 0.507 e. The van der Waals surface area contributed by atoms with Gasteiger partial charge in [-0.3, -0.25) is 9.59 Å². The quantitative estimate of drug-likeness (QED) is 0.240. The highest BCUT2D eigenvalue weighted by atomic mass is 16.5. The molecular weight excluding hydrogens is 560 g/mol. The number of esters is 2. The Bertz CT molecular complexity index is 1520. The third kappa shape index (κ3) is 7.48. The van der Waals surface area contributed by atoms with Crippen molar-refractivity contribution >= 4 is 23.8 Å². The van der Waals surface area contributed by atoms with Crippen LogP contribution in [0.1, 0.15) is 90.4 Å². The first-order valence-electron chi connectivity index (χ1n) is 15.2. The number of benzene rings is 3. The highest BCUT2D eigenvalue weighted by molar-refractivity contribution is 5.98. The average Bonchev–Trinajstić information content (AvgIpc) is 3.00. The van der Waals surface area contributed by atoms with Crippen LogP contribution in [-0.4, -0.2) is 42.6 Å². The van der Waals surface area contributed by atoms with E-state index in [9.17, 15) is 19.5 Å². The molecule has 8 heteroatoms. The Kier molecular flexibility index (Phi) is 10.00. The lowest BCUT2D eigenvalue weighted by Gasteiger charge is -2.28. The van der Waals surface area contributed by atoms with Crippen molar-refractivity contribution in [2.45, 2.75) is 70.3 Å². The van der Waals surface area contributed by atoms with Crippen molar-refractivity contribution in [3.05, 3.63) is 88.5 Å². The summed E-state index contributed by atoms with van der Waals surface area (Å²) < 4.78 is 22.5. The van der Waals surface area contributed by atoms with E-state index in [-0.39, 0.29) is 29.3 Å². The van der Waals surface area contributed by atoms with Gasteiger partial charge in [0.25, 0.3) is 0 Å². The van der Waals surface area contributed by atoms with Crippen molar-refractivity contribution in [1.82, 2.24) is 0 Å². The van der Waals surface area contributed by atoms with E-state index >= 15 is 0 Å². The number of phenolic OH excluding ortho intramolecular Hbond substituents is 1. The van der Waals surface area contributed by atoms with E-state index < -0.39 is 24.0 Å². The number of carbonyl (C=O) groups excluding carboxylic acids is 3. The minimum Gasteiger partial charge on any atom is -0.507 e. The normalized spacial score (nSPS) is 19.2. The topological polar surface area (TPSA) is 108 Å². The summed E-state index contributed by atoms with van der Waals surface area (Å²) in [6.45, 7) is 2.27. The molecule has 2 atom stereocenters. The van der Waals surface area contributed by atoms with E-state index in [0.29, 0.717) is 62.0 Å². The van der Waals surface area contributed by atoms with Crippen molar-refractivity contribution in [2.24, 2.45) is 0 Å². The molecule has 3 aromatic carbocycles. The summed E-state index contributed by atoms with van der Waals surface area (Å²) in [5.41, 5.74) is 2.73. The second kappa shape index (κ2) is 14.3. The Balaban J connectivity index is 1.39. The monoisotopic (exact) mass is 598 g/mol. The number of aromatic hydroxyl groups is 1. The second-order valence-corrected chi connectivity index (χ2v) is 11.3. The summed E-state index contributed by atoms with van der Waals surface area (Å²) >= 11 is 0. The lowest BCUT2D eigenvalue weighted by atomic mass is 9.83. The van der Waals surface area contributed by atoms with Crippen molar-refractivity contribution in [3.63, 3.8) is 0 Å². The number of methoxy groups -OCH3 is 1. The molecule has 0 saturated carbocycles. The first-order chi connectivity index (χ1) is 21.3. The van der Waals surface area contributed by atoms with E-state index in [1.54, 1.807) is 26.2 Å². The number of ether oxygens (including phenoxy) is 4. The molecule has 0 aromatic heterocycles. The van der Waals surface area contributed by atoms with Gasteiger partial charge in [0, 0.05) is 30.7 Å². The summed E-state index contributed by atoms with van der Waals surface area (Å²) in [6, 6.07) is 16.9. The Morgan fingerprint density at radius 1 is 0.955 bits per heavy atom. The van der Waals surface area contributed by atoms with Gasteiger partial charge in [-0.05, 0) is 79.6 Å². The van der Waals surface area contributed by atoms with Crippen LogP contribution in [0.25, 0.3) is 6.08 Å². The van der Waals surface area contributed by atoms with Crippen LogP contribution >= 0.6 is 0 Å². The number of Topliss-reactive ketones (excluding diaryl/α,β-unsaturated/α-hetero) is 1. The van der Waals surface area contributed by atoms with Crippen LogP contribution in [0.2, 0.25) is 0 Å². The first kappa shape index (κ1) is 30.9. The van der Waals surface area contributed by atoms with Gasteiger partial charge < -0.3 is 24.1 Å². The van der Waals surface area contributed by atoms with E-state index in [1.165, 1.54) is 0 Å². The molecule has 0 spiro atoms. The minimum absolute atomic E-state index is 0.00629. The lowest BCUT2D eigenvalue weighted by molar-refractivity contribution is -0.135. The van der Waals surface area contributed by atoms with Gasteiger partial charge in [-0.2, -0.15) is 0 Å². The summed E-state index contributed by atoms with van der Waals surface area (Å²) in [5, 5.41) is 11.6. The summed E-state index contributed by atoms with van der Waals surface area (Å²) in [6.07, 6.45) is 7.33. The zero-order chi connectivity index (χ0) is 31.1. The molecule has 3 aromatic rings. The van der Waals surface area contributed by atoms with Crippen LogP contribution in [0.4, 0.5) is 0 Å². The molecule has 0 radical (unpaired) electrons. The molecule has 1 N–H and O–H groups in total. The van der Waals surface area contributed by atoms with Crippen LogP contribution in [0.15, 0.2) is 60.7 Å². The lowest BCUT2D eigenvalue weighted by Crippen LogP contribution is -2.23. The molecule has 230 valence electrons. The first-order valence-corrected chi connectivity index (χ1v) is 15.2. The predicted octanol–water partition coefficient (Wildman–Crippen LogP) is 6.95. The van der Waals surface area contributed by atoms with Crippen molar-refractivity contribution < 1.29 is 38.4 Å². The van der Waals surface area contributed by atoms with Crippen LogP contribution < -0.4 is 14.2 Å².